The molecule has 0 bridgehead atoms. The number of rotatable bonds is 4. The Labute approximate surface area is 117 Å². The summed E-state index contributed by atoms with van der Waals surface area (Å²) in [7, 11) is 3.20. The first kappa shape index (κ1) is 14.0. The minimum Gasteiger partial charge on any atom is -0.340 e. The van der Waals surface area contributed by atoms with Gasteiger partial charge in [-0.15, -0.1) is 0 Å². The summed E-state index contributed by atoms with van der Waals surface area (Å²) in [5, 5.41) is 0. The molecule has 1 heterocycles. The largest absolute Gasteiger partial charge is 0.340 e. The minimum absolute atomic E-state index is 0.0362. The van der Waals surface area contributed by atoms with Crippen LogP contribution in [0.5, 0.6) is 0 Å². The number of hydrogen-bond acceptors (Lipinski definition) is 3. The van der Waals surface area contributed by atoms with E-state index in [4.69, 9.17) is 0 Å². The van der Waals surface area contributed by atoms with Gasteiger partial charge in [0.1, 0.15) is 13.1 Å². The van der Waals surface area contributed by atoms with Crippen LogP contribution in [0, 0.1) is 0 Å². The standard InChI is InChI=1S/C14H17N3O3/c1-15(8-11-6-4-3-5-7-11)12(18)10-17-13(19)9-16(2)14(17)20/h3-7H,8-10H2,1-2H3. The fourth-order valence-electron chi connectivity index (χ4n) is 2.03. The van der Waals surface area contributed by atoms with E-state index in [-0.39, 0.29) is 24.9 Å². The number of carbonyl (C=O) groups excluding carboxylic acids is 3. The van der Waals surface area contributed by atoms with Crippen LogP contribution in [0.4, 0.5) is 4.79 Å². The number of benzene rings is 1. The molecule has 0 N–H and O–H groups in total. The average Bonchev–Trinajstić information content (AvgIpc) is 2.66. The monoisotopic (exact) mass is 275 g/mol. The predicted octanol–water partition coefficient (Wildman–Crippen LogP) is 0.539. The van der Waals surface area contributed by atoms with Gasteiger partial charge < -0.3 is 9.80 Å². The molecule has 1 aromatic rings. The highest BCUT2D eigenvalue weighted by atomic mass is 16.2. The summed E-state index contributed by atoms with van der Waals surface area (Å²) in [5.74, 6) is -0.593. The summed E-state index contributed by atoms with van der Waals surface area (Å²) < 4.78 is 0. The van der Waals surface area contributed by atoms with Crippen molar-refractivity contribution in [2.45, 2.75) is 6.54 Å². The van der Waals surface area contributed by atoms with Crippen LogP contribution in [0.25, 0.3) is 0 Å². The zero-order valence-electron chi connectivity index (χ0n) is 11.6. The molecule has 0 saturated carbocycles. The predicted molar refractivity (Wildman–Crippen MR) is 72.7 cm³/mol. The van der Waals surface area contributed by atoms with Crippen molar-refractivity contribution in [3.05, 3.63) is 35.9 Å². The van der Waals surface area contributed by atoms with Crippen molar-refractivity contribution in [2.24, 2.45) is 0 Å². The second-order valence-corrected chi connectivity index (χ2v) is 4.85. The van der Waals surface area contributed by atoms with E-state index in [1.54, 1.807) is 14.1 Å². The fraction of sp³-hybridized carbons (Fsp3) is 0.357. The Morgan fingerprint density at radius 1 is 1.25 bits per heavy atom. The molecule has 1 aromatic carbocycles. The summed E-state index contributed by atoms with van der Waals surface area (Å²) >= 11 is 0. The molecule has 6 heteroatoms. The van der Waals surface area contributed by atoms with Gasteiger partial charge in [0, 0.05) is 20.6 Å². The van der Waals surface area contributed by atoms with E-state index >= 15 is 0 Å². The van der Waals surface area contributed by atoms with Gasteiger partial charge in [-0.3, -0.25) is 14.5 Å². The molecule has 0 radical (unpaired) electrons. The van der Waals surface area contributed by atoms with Crippen molar-refractivity contribution in [3.63, 3.8) is 0 Å². The zero-order chi connectivity index (χ0) is 14.7. The zero-order valence-corrected chi connectivity index (χ0v) is 11.6. The Hall–Kier alpha value is -2.37. The first-order chi connectivity index (χ1) is 9.49. The molecule has 2 rings (SSSR count). The molecule has 1 saturated heterocycles. The maximum atomic E-state index is 12.1. The quantitative estimate of drug-likeness (QED) is 0.753. The first-order valence-electron chi connectivity index (χ1n) is 6.32. The average molecular weight is 275 g/mol. The van der Waals surface area contributed by atoms with Gasteiger partial charge in [-0.05, 0) is 5.56 Å². The van der Waals surface area contributed by atoms with Crippen LogP contribution in [-0.4, -0.2) is 59.7 Å². The number of likely N-dealkylation sites (N-methyl/N-ethyl adjacent to an activating group) is 2. The molecule has 0 aromatic heterocycles. The SMILES string of the molecule is CN(Cc1ccccc1)C(=O)CN1C(=O)CN(C)C1=O. The lowest BCUT2D eigenvalue weighted by Crippen LogP contribution is -2.41. The number of hydrogen-bond donors (Lipinski definition) is 0. The van der Waals surface area contributed by atoms with Crippen LogP contribution >= 0.6 is 0 Å². The van der Waals surface area contributed by atoms with E-state index in [1.165, 1.54) is 9.80 Å². The summed E-state index contributed by atoms with van der Waals surface area (Å²) in [5.41, 5.74) is 1.000. The van der Waals surface area contributed by atoms with Crippen molar-refractivity contribution < 1.29 is 14.4 Å². The number of imide groups is 1. The van der Waals surface area contributed by atoms with Crippen molar-refractivity contribution in [3.8, 4) is 0 Å². The van der Waals surface area contributed by atoms with Crippen molar-refractivity contribution >= 4 is 17.8 Å². The summed E-state index contributed by atoms with van der Waals surface area (Å²) in [6.07, 6.45) is 0. The molecule has 1 aliphatic rings. The summed E-state index contributed by atoms with van der Waals surface area (Å²) in [6, 6.07) is 9.12. The Morgan fingerprint density at radius 3 is 2.45 bits per heavy atom. The van der Waals surface area contributed by atoms with E-state index in [0.29, 0.717) is 6.54 Å². The smallest absolute Gasteiger partial charge is 0.327 e. The Bertz CT molecular complexity index is 530. The summed E-state index contributed by atoms with van der Waals surface area (Å²) in [4.78, 5) is 39.2. The minimum atomic E-state index is -0.420. The number of amides is 4. The molecule has 0 atom stereocenters. The van der Waals surface area contributed by atoms with Gasteiger partial charge in [0.15, 0.2) is 0 Å². The summed E-state index contributed by atoms with van der Waals surface area (Å²) in [6.45, 7) is 0.283. The Kier molecular flexibility index (Phi) is 4.02. The lowest BCUT2D eigenvalue weighted by molar-refractivity contribution is -0.136. The maximum Gasteiger partial charge on any atom is 0.327 e. The van der Waals surface area contributed by atoms with Gasteiger partial charge in [-0.2, -0.15) is 0 Å². The third-order valence-electron chi connectivity index (χ3n) is 3.21. The number of carbonyl (C=O) groups is 3. The molecule has 20 heavy (non-hydrogen) atoms. The van der Waals surface area contributed by atoms with Gasteiger partial charge in [0.05, 0.1) is 0 Å². The Morgan fingerprint density at radius 2 is 1.90 bits per heavy atom. The molecule has 0 aliphatic carbocycles. The van der Waals surface area contributed by atoms with E-state index in [2.05, 4.69) is 0 Å². The molecule has 0 spiro atoms. The molecule has 6 nitrogen and oxygen atoms in total. The Balaban J connectivity index is 1.95. The molecular weight excluding hydrogens is 258 g/mol. The number of nitrogens with zero attached hydrogens (tertiary/aromatic N) is 3. The van der Waals surface area contributed by atoms with E-state index < -0.39 is 6.03 Å². The van der Waals surface area contributed by atoms with Gasteiger partial charge >= 0.3 is 6.03 Å². The van der Waals surface area contributed by atoms with Crippen molar-refractivity contribution in [2.75, 3.05) is 27.2 Å². The molecular formula is C14H17N3O3. The molecule has 0 unspecified atom stereocenters. The number of urea groups is 1. The van der Waals surface area contributed by atoms with Gasteiger partial charge in [-0.1, -0.05) is 30.3 Å². The molecule has 106 valence electrons. The third kappa shape index (κ3) is 2.96. The van der Waals surface area contributed by atoms with Gasteiger partial charge in [0.2, 0.25) is 5.91 Å². The van der Waals surface area contributed by atoms with Crippen LogP contribution in [0.2, 0.25) is 0 Å². The topological polar surface area (TPSA) is 60.9 Å². The molecule has 1 aliphatic heterocycles. The van der Waals surface area contributed by atoms with Crippen LogP contribution in [0.3, 0.4) is 0 Å². The highest BCUT2D eigenvalue weighted by Crippen LogP contribution is 2.09. The fourth-order valence-corrected chi connectivity index (χ4v) is 2.03. The first-order valence-corrected chi connectivity index (χ1v) is 6.32. The third-order valence-corrected chi connectivity index (χ3v) is 3.21. The molecule has 1 fully saturated rings. The lowest BCUT2D eigenvalue weighted by atomic mass is 10.2. The van der Waals surface area contributed by atoms with Gasteiger partial charge in [0.25, 0.3) is 5.91 Å². The normalized spacial score (nSPS) is 14.9. The molecule has 4 amide bonds. The van der Waals surface area contributed by atoms with Crippen LogP contribution in [0.1, 0.15) is 5.56 Å². The van der Waals surface area contributed by atoms with E-state index in [0.717, 1.165) is 10.5 Å². The van der Waals surface area contributed by atoms with Crippen LogP contribution in [-0.2, 0) is 16.1 Å². The van der Waals surface area contributed by atoms with Crippen LogP contribution in [0.15, 0.2) is 30.3 Å². The van der Waals surface area contributed by atoms with Gasteiger partial charge in [-0.25, -0.2) is 4.79 Å². The van der Waals surface area contributed by atoms with E-state index in [1.807, 2.05) is 30.3 Å². The highest BCUT2D eigenvalue weighted by molar-refractivity contribution is 6.04. The second-order valence-electron chi connectivity index (χ2n) is 4.85. The van der Waals surface area contributed by atoms with Crippen molar-refractivity contribution in [1.29, 1.82) is 0 Å². The second kappa shape index (κ2) is 5.73. The maximum absolute atomic E-state index is 12.1. The van der Waals surface area contributed by atoms with Crippen molar-refractivity contribution in [1.82, 2.24) is 14.7 Å². The van der Waals surface area contributed by atoms with E-state index in [9.17, 15) is 14.4 Å². The lowest BCUT2D eigenvalue weighted by Gasteiger charge is -2.20. The van der Waals surface area contributed by atoms with Crippen LogP contribution < -0.4 is 0 Å². The highest BCUT2D eigenvalue weighted by Gasteiger charge is 2.35.